The highest BCUT2D eigenvalue weighted by molar-refractivity contribution is 6.30. The van der Waals surface area contributed by atoms with Crippen LogP contribution in [0.15, 0.2) is 28.8 Å². The molecular formula is C9H8BClN2O. The first kappa shape index (κ1) is 9.28. The van der Waals surface area contributed by atoms with Gasteiger partial charge in [-0.15, -0.1) is 0 Å². The van der Waals surface area contributed by atoms with Crippen LogP contribution < -0.4 is 0 Å². The molecular weight excluding hydrogens is 198 g/mol. The minimum atomic E-state index is 0.610. The number of hydrogen-bond acceptors (Lipinski definition) is 3. The summed E-state index contributed by atoms with van der Waals surface area (Å²) in [6.45, 7) is 0. The molecule has 0 spiro atoms. The Kier molecular flexibility index (Phi) is 2.54. The van der Waals surface area contributed by atoms with E-state index in [-0.39, 0.29) is 0 Å². The summed E-state index contributed by atoms with van der Waals surface area (Å²) in [5.41, 5.74) is 0.915. The zero-order chi connectivity index (χ0) is 9.97. The van der Waals surface area contributed by atoms with Gasteiger partial charge in [0.15, 0.2) is 0 Å². The molecule has 0 atom stereocenters. The quantitative estimate of drug-likeness (QED) is 0.700. The van der Waals surface area contributed by atoms with E-state index in [0.29, 0.717) is 16.7 Å². The standard InChI is InChI=1S/C9H8BClN2O/c10-5-8-12-9(13-14-8)6-1-3-7(11)4-2-6/h1-4H,5,10H2. The van der Waals surface area contributed by atoms with Gasteiger partial charge in [-0.2, -0.15) is 4.98 Å². The van der Waals surface area contributed by atoms with Crippen molar-refractivity contribution in [2.75, 3.05) is 0 Å². The van der Waals surface area contributed by atoms with Crippen LogP contribution in [-0.2, 0) is 6.32 Å². The van der Waals surface area contributed by atoms with Crippen molar-refractivity contribution in [1.29, 1.82) is 0 Å². The van der Waals surface area contributed by atoms with E-state index in [4.69, 9.17) is 16.1 Å². The SMILES string of the molecule is BCc1nc(-c2ccc(Cl)cc2)no1. The monoisotopic (exact) mass is 206 g/mol. The molecule has 5 heteroatoms. The van der Waals surface area contributed by atoms with E-state index < -0.39 is 0 Å². The predicted molar refractivity (Wildman–Crippen MR) is 57.0 cm³/mol. The number of aromatic nitrogens is 2. The summed E-state index contributed by atoms with van der Waals surface area (Å²) in [5.74, 6) is 1.26. The first-order chi connectivity index (χ1) is 6.79. The van der Waals surface area contributed by atoms with Crippen LogP contribution >= 0.6 is 11.6 Å². The third-order valence-electron chi connectivity index (χ3n) is 1.87. The van der Waals surface area contributed by atoms with Crippen molar-refractivity contribution in [3.05, 3.63) is 35.2 Å². The highest BCUT2D eigenvalue weighted by Gasteiger charge is 2.05. The fraction of sp³-hybridized carbons (Fsp3) is 0.111. The van der Waals surface area contributed by atoms with Crippen LogP contribution in [0.1, 0.15) is 5.89 Å². The number of benzene rings is 1. The van der Waals surface area contributed by atoms with Crippen molar-refractivity contribution >= 4 is 19.4 Å². The molecule has 2 rings (SSSR count). The van der Waals surface area contributed by atoms with E-state index >= 15 is 0 Å². The Balaban J connectivity index is 2.34. The summed E-state index contributed by atoms with van der Waals surface area (Å²) in [6, 6.07) is 7.34. The predicted octanol–water partition coefficient (Wildman–Crippen LogP) is 1.52. The Morgan fingerprint density at radius 1 is 1.29 bits per heavy atom. The molecule has 0 amide bonds. The Hall–Kier alpha value is -1.29. The van der Waals surface area contributed by atoms with Crippen LogP contribution in [0.25, 0.3) is 11.4 Å². The van der Waals surface area contributed by atoms with Gasteiger partial charge in [0.05, 0.1) is 0 Å². The summed E-state index contributed by atoms with van der Waals surface area (Å²) in [4.78, 5) is 4.21. The molecule has 0 bridgehead atoms. The molecule has 1 heterocycles. The van der Waals surface area contributed by atoms with Gasteiger partial charge in [-0.05, 0) is 30.6 Å². The number of nitrogens with zero attached hydrogens (tertiary/aromatic N) is 2. The first-order valence-electron chi connectivity index (χ1n) is 4.38. The van der Waals surface area contributed by atoms with Crippen molar-refractivity contribution in [1.82, 2.24) is 10.1 Å². The third-order valence-corrected chi connectivity index (χ3v) is 2.12. The van der Waals surface area contributed by atoms with Gasteiger partial charge in [0.2, 0.25) is 11.7 Å². The van der Waals surface area contributed by atoms with Crippen LogP contribution in [0, 0.1) is 0 Å². The molecule has 0 aliphatic rings. The molecule has 0 radical (unpaired) electrons. The molecule has 14 heavy (non-hydrogen) atoms. The van der Waals surface area contributed by atoms with Crippen molar-refractivity contribution in [2.45, 2.75) is 6.32 Å². The van der Waals surface area contributed by atoms with Gasteiger partial charge in [0.25, 0.3) is 0 Å². The van der Waals surface area contributed by atoms with Gasteiger partial charge in [0, 0.05) is 10.6 Å². The van der Waals surface area contributed by atoms with Gasteiger partial charge >= 0.3 is 0 Å². The molecule has 1 aromatic carbocycles. The third kappa shape index (κ3) is 1.80. The van der Waals surface area contributed by atoms with Crippen LogP contribution in [-0.4, -0.2) is 18.0 Å². The number of rotatable bonds is 2. The van der Waals surface area contributed by atoms with Crippen LogP contribution in [0.2, 0.25) is 5.02 Å². The van der Waals surface area contributed by atoms with Gasteiger partial charge < -0.3 is 4.52 Å². The van der Waals surface area contributed by atoms with E-state index in [9.17, 15) is 0 Å². The minimum absolute atomic E-state index is 0.610. The molecule has 2 aromatic rings. The number of halogens is 1. The highest BCUT2D eigenvalue weighted by Crippen LogP contribution is 2.18. The second kappa shape index (κ2) is 3.84. The Morgan fingerprint density at radius 3 is 2.57 bits per heavy atom. The smallest absolute Gasteiger partial charge is 0.219 e. The minimum Gasteiger partial charge on any atom is -0.340 e. The normalized spacial score (nSPS) is 10.4. The Labute approximate surface area is 87.5 Å². The molecule has 0 unspecified atom stereocenters. The molecule has 0 N–H and O–H groups in total. The molecule has 0 saturated carbocycles. The lowest BCUT2D eigenvalue weighted by Crippen LogP contribution is -1.83. The summed E-state index contributed by atoms with van der Waals surface area (Å²) < 4.78 is 5.00. The zero-order valence-corrected chi connectivity index (χ0v) is 8.45. The van der Waals surface area contributed by atoms with E-state index in [2.05, 4.69) is 10.1 Å². The highest BCUT2D eigenvalue weighted by atomic mass is 35.5. The molecule has 70 valence electrons. The second-order valence-corrected chi connectivity index (χ2v) is 3.31. The maximum absolute atomic E-state index is 5.77. The summed E-state index contributed by atoms with van der Waals surface area (Å²) in [5, 5.41) is 4.56. The van der Waals surface area contributed by atoms with Crippen molar-refractivity contribution in [3.8, 4) is 11.4 Å². The second-order valence-electron chi connectivity index (χ2n) is 2.87. The Morgan fingerprint density at radius 2 is 2.00 bits per heavy atom. The summed E-state index contributed by atoms with van der Waals surface area (Å²) in [6.07, 6.45) is 0.751. The largest absolute Gasteiger partial charge is 0.340 e. The molecule has 3 nitrogen and oxygen atoms in total. The van der Waals surface area contributed by atoms with E-state index in [1.54, 1.807) is 12.1 Å². The van der Waals surface area contributed by atoms with Crippen LogP contribution in [0.3, 0.4) is 0 Å². The summed E-state index contributed by atoms with van der Waals surface area (Å²) >= 11 is 5.77. The van der Waals surface area contributed by atoms with E-state index in [1.807, 2.05) is 20.0 Å². The fourth-order valence-electron chi connectivity index (χ4n) is 1.11. The molecule has 1 aromatic heterocycles. The van der Waals surface area contributed by atoms with Gasteiger partial charge in [0.1, 0.15) is 7.85 Å². The van der Waals surface area contributed by atoms with Crippen LogP contribution in [0.4, 0.5) is 0 Å². The zero-order valence-electron chi connectivity index (χ0n) is 7.70. The summed E-state index contributed by atoms with van der Waals surface area (Å²) in [7, 11) is 1.97. The van der Waals surface area contributed by atoms with Gasteiger partial charge in [-0.1, -0.05) is 16.8 Å². The molecule has 0 saturated heterocycles. The van der Waals surface area contributed by atoms with E-state index in [0.717, 1.165) is 11.9 Å². The average molecular weight is 206 g/mol. The van der Waals surface area contributed by atoms with Crippen LogP contribution in [0.5, 0.6) is 0 Å². The molecule has 0 aliphatic heterocycles. The fourth-order valence-corrected chi connectivity index (χ4v) is 1.24. The molecule has 0 fully saturated rings. The lowest BCUT2D eigenvalue weighted by molar-refractivity contribution is 0.391. The van der Waals surface area contributed by atoms with Gasteiger partial charge in [-0.25, -0.2) is 0 Å². The topological polar surface area (TPSA) is 38.9 Å². The first-order valence-corrected chi connectivity index (χ1v) is 4.76. The maximum Gasteiger partial charge on any atom is 0.219 e. The average Bonchev–Trinajstić information content (AvgIpc) is 2.67. The maximum atomic E-state index is 5.77. The van der Waals surface area contributed by atoms with Gasteiger partial charge in [-0.3, -0.25) is 0 Å². The van der Waals surface area contributed by atoms with Crippen molar-refractivity contribution in [3.63, 3.8) is 0 Å². The molecule has 0 aliphatic carbocycles. The van der Waals surface area contributed by atoms with E-state index in [1.165, 1.54) is 0 Å². The lowest BCUT2D eigenvalue weighted by atomic mass is 10.1. The number of hydrogen-bond donors (Lipinski definition) is 0. The van der Waals surface area contributed by atoms with Crippen molar-refractivity contribution in [2.24, 2.45) is 0 Å². The lowest BCUT2D eigenvalue weighted by Gasteiger charge is -1.92. The van der Waals surface area contributed by atoms with Crippen molar-refractivity contribution < 1.29 is 4.52 Å². The Bertz CT molecular complexity index is 427.